The van der Waals surface area contributed by atoms with Gasteiger partial charge in [0.1, 0.15) is 5.01 Å². The molecule has 4 heteroatoms. The summed E-state index contributed by atoms with van der Waals surface area (Å²) in [7, 11) is 0. The van der Waals surface area contributed by atoms with E-state index < -0.39 is 0 Å². The van der Waals surface area contributed by atoms with Crippen molar-refractivity contribution >= 4 is 32.9 Å². The molecule has 20 heavy (non-hydrogen) atoms. The van der Waals surface area contributed by atoms with E-state index >= 15 is 0 Å². The van der Waals surface area contributed by atoms with Gasteiger partial charge in [-0.2, -0.15) is 0 Å². The van der Waals surface area contributed by atoms with Crippen LogP contribution in [0.5, 0.6) is 0 Å². The van der Waals surface area contributed by atoms with Gasteiger partial charge in [-0.15, -0.1) is 22.7 Å². The molecule has 0 aliphatic carbocycles. The largest absolute Gasteiger partial charge is 0.301 e. The lowest BCUT2D eigenvalue weighted by Crippen LogP contribution is -2.21. The van der Waals surface area contributed by atoms with Crippen molar-refractivity contribution in [2.45, 2.75) is 32.9 Å². The van der Waals surface area contributed by atoms with Gasteiger partial charge in [-0.1, -0.05) is 12.1 Å². The summed E-state index contributed by atoms with van der Waals surface area (Å²) in [6.07, 6.45) is 0. The Kier molecular flexibility index (Phi) is 3.87. The summed E-state index contributed by atoms with van der Waals surface area (Å²) in [5.41, 5.74) is 1.10. The molecule has 3 aromatic rings. The molecule has 0 aliphatic heterocycles. The number of benzene rings is 1. The van der Waals surface area contributed by atoms with Crippen molar-refractivity contribution < 1.29 is 0 Å². The van der Waals surface area contributed by atoms with E-state index in [1.807, 2.05) is 17.4 Å². The zero-order valence-electron chi connectivity index (χ0n) is 11.9. The molecule has 0 saturated carbocycles. The van der Waals surface area contributed by atoms with Crippen LogP contribution >= 0.6 is 22.7 Å². The van der Waals surface area contributed by atoms with Crippen LogP contribution in [0.15, 0.2) is 36.4 Å². The van der Waals surface area contributed by atoms with Crippen LogP contribution in [0, 0.1) is 6.92 Å². The number of aromatic nitrogens is 1. The summed E-state index contributed by atoms with van der Waals surface area (Å²) in [5, 5.41) is 4.80. The Bertz CT molecular complexity index is 681. The first-order valence-corrected chi connectivity index (χ1v) is 8.44. The second kappa shape index (κ2) is 5.64. The molecule has 104 valence electrons. The Balaban J connectivity index is 1.76. The highest BCUT2D eigenvalue weighted by molar-refractivity contribution is 7.18. The van der Waals surface area contributed by atoms with Crippen LogP contribution in [0.4, 0.5) is 0 Å². The molecule has 0 amide bonds. The molecule has 0 aliphatic rings. The number of fused-ring (bicyclic) bond motifs is 1. The Labute approximate surface area is 127 Å². The summed E-state index contributed by atoms with van der Waals surface area (Å²) in [4.78, 5) is 7.47. The van der Waals surface area contributed by atoms with Crippen molar-refractivity contribution in [3.05, 3.63) is 51.2 Å². The van der Waals surface area contributed by atoms with Crippen LogP contribution in [0.2, 0.25) is 0 Å². The monoisotopic (exact) mass is 302 g/mol. The van der Waals surface area contributed by atoms with Crippen LogP contribution in [-0.4, -0.2) is 4.98 Å². The molecule has 3 rings (SSSR count). The maximum atomic E-state index is 4.72. The molecule has 0 fully saturated rings. The minimum atomic E-state index is 0.268. The first kappa shape index (κ1) is 13.7. The van der Waals surface area contributed by atoms with Gasteiger partial charge in [0.15, 0.2) is 0 Å². The average molecular weight is 302 g/mol. The maximum Gasteiger partial charge on any atom is 0.111 e. The van der Waals surface area contributed by atoms with Gasteiger partial charge in [0.05, 0.1) is 16.3 Å². The quantitative estimate of drug-likeness (QED) is 0.727. The Morgan fingerprint density at radius 2 is 1.80 bits per heavy atom. The summed E-state index contributed by atoms with van der Waals surface area (Å²) in [5.74, 6) is 0. The van der Waals surface area contributed by atoms with Crippen LogP contribution < -0.4 is 5.32 Å². The Hall–Kier alpha value is -1.23. The number of thiophene rings is 1. The number of thiazole rings is 1. The number of aryl methyl sites for hydroxylation is 1. The van der Waals surface area contributed by atoms with E-state index in [1.165, 1.54) is 14.5 Å². The molecular weight excluding hydrogens is 284 g/mol. The Morgan fingerprint density at radius 1 is 1.00 bits per heavy atom. The van der Waals surface area contributed by atoms with Crippen LogP contribution in [-0.2, 0) is 0 Å². The first-order chi connectivity index (χ1) is 9.63. The van der Waals surface area contributed by atoms with Gasteiger partial charge in [-0.3, -0.25) is 0 Å². The van der Waals surface area contributed by atoms with E-state index in [4.69, 9.17) is 4.98 Å². The van der Waals surface area contributed by atoms with E-state index in [0.717, 1.165) is 10.5 Å². The lowest BCUT2D eigenvalue weighted by Gasteiger charge is -2.17. The molecule has 2 nitrogen and oxygen atoms in total. The second-order valence-electron chi connectivity index (χ2n) is 5.08. The standard InChI is InChI=1S/C16H18N2S2/c1-10-8-9-14(19-10)11(2)17-12(3)16-18-13-6-4-5-7-15(13)20-16/h4-9,11-12,17H,1-3H3. The first-order valence-electron chi connectivity index (χ1n) is 6.81. The topological polar surface area (TPSA) is 24.9 Å². The normalized spacial score (nSPS) is 14.6. The highest BCUT2D eigenvalue weighted by atomic mass is 32.1. The third-order valence-corrected chi connectivity index (χ3v) is 5.77. The number of hydrogen-bond acceptors (Lipinski definition) is 4. The van der Waals surface area contributed by atoms with Gasteiger partial charge < -0.3 is 5.32 Å². The zero-order chi connectivity index (χ0) is 14.1. The van der Waals surface area contributed by atoms with Crippen molar-refractivity contribution in [3.63, 3.8) is 0 Å². The van der Waals surface area contributed by atoms with Crippen LogP contribution in [0.3, 0.4) is 0 Å². The van der Waals surface area contributed by atoms with Gasteiger partial charge in [-0.25, -0.2) is 4.98 Å². The lowest BCUT2D eigenvalue weighted by atomic mass is 10.2. The molecule has 1 N–H and O–H groups in total. The minimum absolute atomic E-state index is 0.268. The SMILES string of the molecule is Cc1ccc(C(C)NC(C)c2nc3ccccc3s2)s1. The minimum Gasteiger partial charge on any atom is -0.301 e. The fraction of sp³-hybridized carbons (Fsp3) is 0.312. The van der Waals surface area contributed by atoms with Gasteiger partial charge in [0.2, 0.25) is 0 Å². The number of para-hydroxylation sites is 1. The van der Waals surface area contributed by atoms with Crippen molar-refractivity contribution in [1.29, 1.82) is 0 Å². The predicted molar refractivity (Wildman–Crippen MR) is 88.6 cm³/mol. The third-order valence-electron chi connectivity index (χ3n) is 3.37. The molecular formula is C16H18N2S2. The zero-order valence-corrected chi connectivity index (χ0v) is 13.5. The highest BCUT2D eigenvalue weighted by Crippen LogP contribution is 2.29. The summed E-state index contributed by atoms with van der Waals surface area (Å²) in [6, 6.07) is 13.3. The van der Waals surface area contributed by atoms with E-state index in [9.17, 15) is 0 Å². The third kappa shape index (κ3) is 2.77. The van der Waals surface area contributed by atoms with Crippen molar-refractivity contribution in [3.8, 4) is 0 Å². The predicted octanol–water partition coefficient (Wildman–Crippen LogP) is 5.08. The summed E-state index contributed by atoms with van der Waals surface area (Å²) >= 11 is 3.64. The summed E-state index contributed by atoms with van der Waals surface area (Å²) < 4.78 is 1.26. The molecule has 2 aromatic heterocycles. The van der Waals surface area contributed by atoms with Crippen LogP contribution in [0.1, 0.15) is 40.7 Å². The highest BCUT2D eigenvalue weighted by Gasteiger charge is 2.15. The van der Waals surface area contributed by atoms with Gasteiger partial charge in [0.25, 0.3) is 0 Å². The van der Waals surface area contributed by atoms with E-state index in [2.05, 4.69) is 56.4 Å². The molecule has 2 unspecified atom stereocenters. The second-order valence-corrected chi connectivity index (χ2v) is 7.46. The smallest absolute Gasteiger partial charge is 0.111 e. The van der Waals surface area contributed by atoms with Crippen molar-refractivity contribution in [1.82, 2.24) is 10.3 Å². The van der Waals surface area contributed by atoms with Gasteiger partial charge in [-0.05, 0) is 45.0 Å². The lowest BCUT2D eigenvalue weighted by molar-refractivity contribution is 0.499. The van der Waals surface area contributed by atoms with E-state index in [-0.39, 0.29) is 6.04 Å². The fourth-order valence-corrected chi connectivity index (χ4v) is 4.16. The van der Waals surface area contributed by atoms with Gasteiger partial charge in [0, 0.05) is 15.8 Å². The average Bonchev–Trinajstić information content (AvgIpc) is 3.04. The fourth-order valence-electron chi connectivity index (χ4n) is 2.29. The molecule has 0 radical (unpaired) electrons. The molecule has 0 spiro atoms. The maximum absolute atomic E-state index is 4.72. The number of hydrogen-bond donors (Lipinski definition) is 1. The summed E-state index contributed by atoms with van der Waals surface area (Å²) in [6.45, 7) is 6.56. The molecule has 0 saturated heterocycles. The van der Waals surface area contributed by atoms with Crippen LogP contribution in [0.25, 0.3) is 10.2 Å². The molecule has 0 bridgehead atoms. The van der Waals surface area contributed by atoms with E-state index in [0.29, 0.717) is 6.04 Å². The molecule has 2 atom stereocenters. The Morgan fingerprint density at radius 3 is 2.50 bits per heavy atom. The van der Waals surface area contributed by atoms with Crippen molar-refractivity contribution in [2.24, 2.45) is 0 Å². The number of nitrogens with zero attached hydrogens (tertiary/aromatic N) is 1. The molecule has 2 heterocycles. The number of nitrogens with one attached hydrogen (secondary N) is 1. The van der Waals surface area contributed by atoms with Gasteiger partial charge >= 0.3 is 0 Å². The molecule has 1 aromatic carbocycles. The number of rotatable bonds is 4. The van der Waals surface area contributed by atoms with Crippen molar-refractivity contribution in [2.75, 3.05) is 0 Å². The van der Waals surface area contributed by atoms with E-state index in [1.54, 1.807) is 11.3 Å².